The van der Waals surface area contributed by atoms with E-state index in [9.17, 15) is 13.2 Å². The van der Waals surface area contributed by atoms with Gasteiger partial charge in [-0.1, -0.05) is 23.7 Å². The molecule has 0 saturated carbocycles. The Labute approximate surface area is 216 Å². The summed E-state index contributed by atoms with van der Waals surface area (Å²) >= 11 is 6.47. The molecule has 3 aliphatic rings. The highest BCUT2D eigenvalue weighted by atomic mass is 35.5. The van der Waals surface area contributed by atoms with Crippen LogP contribution in [0.3, 0.4) is 0 Å². The summed E-state index contributed by atoms with van der Waals surface area (Å²) in [5.74, 6) is 0.134. The summed E-state index contributed by atoms with van der Waals surface area (Å²) in [4.78, 5) is 21.1. The first kappa shape index (κ1) is 26.9. The Bertz CT molecular complexity index is 1140. The molecule has 1 aromatic rings. The van der Waals surface area contributed by atoms with Crippen LogP contribution in [-0.4, -0.2) is 96.8 Å². The Morgan fingerprint density at radius 1 is 1.25 bits per heavy atom. The van der Waals surface area contributed by atoms with Crippen molar-refractivity contribution in [2.45, 2.75) is 63.2 Å². The zero-order chi connectivity index (χ0) is 26.2. The molecule has 200 valence electrons. The van der Waals surface area contributed by atoms with E-state index in [4.69, 9.17) is 21.9 Å². The Balaban J connectivity index is 1.39. The van der Waals surface area contributed by atoms with E-state index in [1.807, 2.05) is 0 Å². The van der Waals surface area contributed by atoms with Crippen molar-refractivity contribution in [2.75, 3.05) is 39.8 Å². The maximum atomic E-state index is 13.2. The molecule has 0 aliphatic carbocycles. The number of piperidine rings is 1. The lowest BCUT2D eigenvalue weighted by Gasteiger charge is -2.49. The molecule has 1 unspecified atom stereocenters. The molecule has 14 heteroatoms. The lowest BCUT2D eigenvalue weighted by molar-refractivity contribution is -0.117. The highest BCUT2D eigenvalue weighted by Crippen LogP contribution is 2.29. The number of nitrogens with two attached hydrogens (primary N) is 1. The quantitative estimate of drug-likeness (QED) is 0.460. The molecule has 1 amide bonds. The first-order valence-electron chi connectivity index (χ1n) is 12.2. The van der Waals surface area contributed by atoms with Gasteiger partial charge < -0.3 is 20.9 Å². The molecule has 3 aliphatic heterocycles. The number of likely N-dealkylation sites (N-methyl/N-ethyl adjacent to an activating group) is 1. The highest BCUT2D eigenvalue weighted by molar-refractivity contribution is 7.89. The normalized spacial score (nSPS) is 25.5. The molecule has 2 atom stereocenters. The molecule has 36 heavy (non-hydrogen) atoms. The molecule has 12 nitrogen and oxygen atoms in total. The van der Waals surface area contributed by atoms with Crippen LogP contribution in [0.1, 0.15) is 37.6 Å². The van der Waals surface area contributed by atoms with Gasteiger partial charge >= 0.3 is 0 Å². The molecule has 0 bridgehead atoms. The van der Waals surface area contributed by atoms with Crippen molar-refractivity contribution >= 4 is 32.7 Å². The van der Waals surface area contributed by atoms with Crippen molar-refractivity contribution in [1.82, 2.24) is 29.9 Å². The maximum absolute atomic E-state index is 13.2. The molecule has 4 rings (SSSR count). The van der Waals surface area contributed by atoms with Crippen molar-refractivity contribution in [2.24, 2.45) is 10.7 Å². The van der Waals surface area contributed by atoms with E-state index in [-0.39, 0.29) is 27.6 Å². The third-order valence-electron chi connectivity index (χ3n) is 7.29. The lowest BCUT2D eigenvalue weighted by Crippen LogP contribution is -2.63. The summed E-state index contributed by atoms with van der Waals surface area (Å²) in [6, 6.07) is 0.563. The Kier molecular flexibility index (Phi) is 7.95. The Morgan fingerprint density at radius 3 is 2.53 bits per heavy atom. The van der Waals surface area contributed by atoms with Crippen LogP contribution in [0.25, 0.3) is 0 Å². The number of piperazine rings is 1. The molecule has 1 aromatic heterocycles. The van der Waals surface area contributed by atoms with Gasteiger partial charge in [0.05, 0.1) is 0 Å². The molecule has 0 aromatic carbocycles. The SMILES string of the molecule is CC[C@H]1CN(C2NC(N)=C(C(=O)NC)N=C2Cl)CCN1C1CCN(S(=O)(=O)c2c(C)noc2C)CC1. The second kappa shape index (κ2) is 10.7. The van der Waals surface area contributed by atoms with E-state index in [1.54, 1.807) is 18.2 Å². The minimum Gasteiger partial charge on any atom is -0.384 e. The Hall–Kier alpha value is -2.19. The van der Waals surface area contributed by atoms with E-state index in [0.717, 1.165) is 38.9 Å². The topological polar surface area (TPSA) is 149 Å². The van der Waals surface area contributed by atoms with Crippen LogP contribution < -0.4 is 16.4 Å². The summed E-state index contributed by atoms with van der Waals surface area (Å²) in [7, 11) is -2.12. The van der Waals surface area contributed by atoms with Crippen LogP contribution in [0.2, 0.25) is 0 Å². The number of halogens is 1. The zero-order valence-electron chi connectivity index (χ0n) is 21.1. The molecule has 4 heterocycles. The summed E-state index contributed by atoms with van der Waals surface area (Å²) < 4.78 is 33.0. The van der Waals surface area contributed by atoms with Crippen molar-refractivity contribution in [3.63, 3.8) is 0 Å². The second-order valence-corrected chi connectivity index (χ2v) is 11.7. The van der Waals surface area contributed by atoms with E-state index in [1.165, 1.54) is 7.05 Å². The lowest BCUT2D eigenvalue weighted by atomic mass is 9.99. The van der Waals surface area contributed by atoms with Gasteiger partial charge in [0, 0.05) is 51.9 Å². The van der Waals surface area contributed by atoms with Gasteiger partial charge in [-0.2, -0.15) is 4.31 Å². The molecule has 4 N–H and O–H groups in total. The van der Waals surface area contributed by atoms with Gasteiger partial charge in [-0.25, -0.2) is 13.4 Å². The highest BCUT2D eigenvalue weighted by Gasteiger charge is 2.40. The molecule has 0 spiro atoms. The van der Waals surface area contributed by atoms with Gasteiger partial charge in [0.2, 0.25) is 10.0 Å². The van der Waals surface area contributed by atoms with Crippen molar-refractivity contribution in [1.29, 1.82) is 0 Å². The van der Waals surface area contributed by atoms with Crippen LogP contribution >= 0.6 is 11.6 Å². The predicted octanol–water partition coefficient (Wildman–Crippen LogP) is 0.281. The first-order chi connectivity index (χ1) is 17.1. The van der Waals surface area contributed by atoms with Crippen LogP contribution in [0.15, 0.2) is 25.9 Å². The fourth-order valence-electron chi connectivity index (χ4n) is 5.40. The number of sulfonamides is 1. The fraction of sp³-hybridized carbons (Fsp3) is 0.682. The van der Waals surface area contributed by atoms with Crippen LogP contribution in [0.4, 0.5) is 0 Å². The van der Waals surface area contributed by atoms with Crippen LogP contribution in [0.5, 0.6) is 0 Å². The summed E-state index contributed by atoms with van der Waals surface area (Å²) in [6.07, 6.45) is 2.06. The fourth-order valence-corrected chi connectivity index (χ4v) is 7.43. The van der Waals surface area contributed by atoms with Crippen LogP contribution in [-0.2, 0) is 14.8 Å². The van der Waals surface area contributed by atoms with E-state index in [0.29, 0.717) is 30.6 Å². The monoisotopic (exact) mass is 542 g/mol. The van der Waals surface area contributed by atoms with Gasteiger partial charge in [-0.3, -0.25) is 14.6 Å². The standard InChI is InChI=1S/C22H35ClN8O4S/c1-5-15-12-29(21-19(23)26-17(20(24)27-21)22(32)25-4)10-11-31(15)16-6-8-30(9-7-16)36(33,34)18-13(2)28-35-14(18)3/h15-16,21,27H,5-12,24H2,1-4H3,(H,25,32)/t15-,21?/m0/s1. The summed E-state index contributed by atoms with van der Waals surface area (Å²) in [5, 5.41) is 9.75. The number of hydrogen-bond donors (Lipinski definition) is 3. The number of rotatable bonds is 6. The summed E-state index contributed by atoms with van der Waals surface area (Å²) in [5.41, 5.74) is 6.55. The molecular formula is C22H35ClN8O4S. The minimum absolute atomic E-state index is 0.0859. The van der Waals surface area contributed by atoms with Gasteiger partial charge in [0.15, 0.2) is 11.5 Å². The number of nitrogens with zero attached hydrogens (tertiary/aromatic N) is 5. The number of carbonyl (C=O) groups is 1. The van der Waals surface area contributed by atoms with Crippen molar-refractivity contribution in [3.8, 4) is 0 Å². The molecule has 0 radical (unpaired) electrons. The largest absolute Gasteiger partial charge is 0.384 e. The van der Waals surface area contributed by atoms with Gasteiger partial charge in [0.25, 0.3) is 5.91 Å². The minimum atomic E-state index is -3.63. The maximum Gasteiger partial charge on any atom is 0.273 e. The van der Waals surface area contributed by atoms with Gasteiger partial charge in [0.1, 0.15) is 27.7 Å². The third-order valence-corrected chi connectivity index (χ3v) is 9.72. The third kappa shape index (κ3) is 4.99. The average Bonchev–Trinajstić information content (AvgIpc) is 3.22. The molecule has 2 saturated heterocycles. The number of carbonyl (C=O) groups excluding carboxylic acids is 1. The van der Waals surface area contributed by atoms with E-state index in [2.05, 4.69) is 37.5 Å². The number of nitrogens with one attached hydrogen (secondary N) is 2. The first-order valence-corrected chi connectivity index (χ1v) is 14.1. The van der Waals surface area contributed by atoms with Crippen LogP contribution in [0, 0.1) is 13.8 Å². The predicted molar refractivity (Wildman–Crippen MR) is 136 cm³/mol. The average molecular weight is 543 g/mol. The van der Waals surface area contributed by atoms with Gasteiger partial charge in [-0.15, -0.1) is 0 Å². The number of hydrogen-bond acceptors (Lipinski definition) is 10. The number of aromatic nitrogens is 1. The van der Waals surface area contributed by atoms with Gasteiger partial charge in [-0.05, 0) is 33.1 Å². The number of amides is 1. The summed E-state index contributed by atoms with van der Waals surface area (Å²) in [6.45, 7) is 8.66. The second-order valence-electron chi connectivity index (χ2n) is 9.41. The zero-order valence-corrected chi connectivity index (χ0v) is 22.7. The van der Waals surface area contributed by atoms with E-state index < -0.39 is 22.1 Å². The van der Waals surface area contributed by atoms with E-state index >= 15 is 0 Å². The van der Waals surface area contributed by atoms with Crippen molar-refractivity contribution in [3.05, 3.63) is 23.0 Å². The molecule has 2 fully saturated rings. The van der Waals surface area contributed by atoms with Crippen molar-refractivity contribution < 1.29 is 17.7 Å². The Morgan fingerprint density at radius 2 is 1.94 bits per heavy atom. The number of aryl methyl sites for hydroxylation is 2. The molecular weight excluding hydrogens is 508 g/mol. The smallest absolute Gasteiger partial charge is 0.273 e. The number of aliphatic imine (C=N–C) groups is 1.